The van der Waals surface area contributed by atoms with Crippen LogP contribution >= 0.6 is 0 Å². The van der Waals surface area contributed by atoms with E-state index in [1.54, 1.807) is 31.0 Å². The molecule has 1 N–H and O–H groups in total. The summed E-state index contributed by atoms with van der Waals surface area (Å²) >= 11 is 0. The molecule has 0 radical (unpaired) electrons. The summed E-state index contributed by atoms with van der Waals surface area (Å²) in [7, 11) is 5.05. The Morgan fingerprint density at radius 1 is 1.20 bits per heavy atom. The van der Waals surface area contributed by atoms with Crippen LogP contribution in [0.15, 0.2) is 24.3 Å². The SMILES string of the molecule is COc1ccc(C(O)Cc2cc(C)nn2C)cc1OC. The van der Waals surface area contributed by atoms with E-state index in [2.05, 4.69) is 5.10 Å². The molecule has 0 aliphatic heterocycles. The molecule has 0 saturated heterocycles. The van der Waals surface area contributed by atoms with E-state index in [0.29, 0.717) is 17.9 Å². The summed E-state index contributed by atoms with van der Waals surface area (Å²) < 4.78 is 12.2. The summed E-state index contributed by atoms with van der Waals surface area (Å²) in [6.45, 7) is 1.94. The molecule has 0 aliphatic carbocycles. The Labute approximate surface area is 118 Å². The highest BCUT2D eigenvalue weighted by atomic mass is 16.5. The first-order valence-electron chi connectivity index (χ1n) is 6.44. The fraction of sp³-hybridized carbons (Fsp3) is 0.400. The monoisotopic (exact) mass is 276 g/mol. The lowest BCUT2D eigenvalue weighted by molar-refractivity contribution is 0.175. The first kappa shape index (κ1) is 14.4. The van der Waals surface area contributed by atoms with Gasteiger partial charge in [0.15, 0.2) is 11.5 Å². The third-order valence-corrected chi connectivity index (χ3v) is 3.29. The van der Waals surface area contributed by atoms with Gasteiger partial charge in [-0.05, 0) is 30.7 Å². The molecule has 0 saturated carbocycles. The lowest BCUT2D eigenvalue weighted by Crippen LogP contribution is -2.06. The van der Waals surface area contributed by atoms with Crippen molar-refractivity contribution in [3.63, 3.8) is 0 Å². The van der Waals surface area contributed by atoms with Crippen LogP contribution < -0.4 is 9.47 Å². The molecular weight excluding hydrogens is 256 g/mol. The summed E-state index contributed by atoms with van der Waals surface area (Å²) in [4.78, 5) is 0. The highest BCUT2D eigenvalue weighted by Crippen LogP contribution is 2.30. The third-order valence-electron chi connectivity index (χ3n) is 3.29. The summed E-state index contributed by atoms with van der Waals surface area (Å²) in [5.41, 5.74) is 2.73. The Balaban J connectivity index is 2.20. The molecule has 2 aromatic rings. The lowest BCUT2D eigenvalue weighted by atomic mass is 10.0. The second kappa shape index (κ2) is 5.96. The number of nitrogens with zero attached hydrogens (tertiary/aromatic N) is 2. The predicted octanol–water partition coefficient (Wildman–Crippen LogP) is 2.02. The third kappa shape index (κ3) is 2.93. The molecule has 0 aliphatic rings. The topological polar surface area (TPSA) is 56.5 Å². The first-order chi connectivity index (χ1) is 9.55. The van der Waals surface area contributed by atoms with Gasteiger partial charge in [-0.15, -0.1) is 0 Å². The van der Waals surface area contributed by atoms with Gasteiger partial charge in [0.1, 0.15) is 0 Å². The zero-order valence-electron chi connectivity index (χ0n) is 12.3. The molecule has 0 fully saturated rings. The standard InChI is InChI=1S/C15H20N2O3/c1-10-7-12(17(2)16-10)9-13(18)11-5-6-14(19-3)15(8-11)20-4/h5-8,13,18H,9H2,1-4H3. The highest BCUT2D eigenvalue weighted by Gasteiger charge is 2.14. The summed E-state index contributed by atoms with van der Waals surface area (Å²) in [6, 6.07) is 7.41. The van der Waals surface area contributed by atoms with E-state index in [1.807, 2.05) is 26.1 Å². The van der Waals surface area contributed by atoms with Crippen molar-refractivity contribution >= 4 is 0 Å². The predicted molar refractivity (Wildman–Crippen MR) is 76.2 cm³/mol. The van der Waals surface area contributed by atoms with Crippen LogP contribution in [0, 0.1) is 6.92 Å². The van der Waals surface area contributed by atoms with Crippen LogP contribution in [0.25, 0.3) is 0 Å². The van der Waals surface area contributed by atoms with E-state index in [4.69, 9.17) is 9.47 Å². The van der Waals surface area contributed by atoms with E-state index >= 15 is 0 Å². The minimum Gasteiger partial charge on any atom is -0.493 e. The number of aromatic nitrogens is 2. The average Bonchev–Trinajstić information content (AvgIpc) is 2.75. The van der Waals surface area contributed by atoms with Crippen LogP contribution in [0.1, 0.15) is 23.1 Å². The highest BCUT2D eigenvalue weighted by molar-refractivity contribution is 5.43. The molecule has 1 heterocycles. The Kier molecular flexibility index (Phi) is 4.29. The molecule has 1 aromatic heterocycles. The largest absolute Gasteiger partial charge is 0.493 e. The molecule has 2 rings (SSSR count). The van der Waals surface area contributed by atoms with Crippen LogP contribution in [0.3, 0.4) is 0 Å². The summed E-state index contributed by atoms with van der Waals surface area (Å²) in [5, 5.41) is 14.6. The first-order valence-corrected chi connectivity index (χ1v) is 6.44. The molecule has 108 valence electrons. The van der Waals surface area contributed by atoms with Crippen LogP contribution in [0.4, 0.5) is 0 Å². The van der Waals surface area contributed by atoms with Crippen LogP contribution in [-0.2, 0) is 13.5 Å². The maximum Gasteiger partial charge on any atom is 0.161 e. The quantitative estimate of drug-likeness (QED) is 0.907. The van der Waals surface area contributed by atoms with Crippen molar-refractivity contribution in [3.05, 3.63) is 41.2 Å². The van der Waals surface area contributed by atoms with Gasteiger partial charge in [-0.1, -0.05) is 6.07 Å². The molecular formula is C15H20N2O3. The van der Waals surface area contributed by atoms with Crippen LogP contribution in [0.5, 0.6) is 11.5 Å². The van der Waals surface area contributed by atoms with Crippen molar-refractivity contribution in [2.24, 2.45) is 7.05 Å². The molecule has 1 atom stereocenters. The van der Waals surface area contributed by atoms with Crippen molar-refractivity contribution in [1.29, 1.82) is 0 Å². The second-order valence-electron chi connectivity index (χ2n) is 4.74. The zero-order chi connectivity index (χ0) is 14.7. The van der Waals surface area contributed by atoms with Gasteiger partial charge >= 0.3 is 0 Å². The van der Waals surface area contributed by atoms with Crippen molar-refractivity contribution in [3.8, 4) is 11.5 Å². The lowest BCUT2D eigenvalue weighted by Gasteiger charge is -2.14. The average molecular weight is 276 g/mol. The number of rotatable bonds is 5. The molecule has 0 spiro atoms. The smallest absolute Gasteiger partial charge is 0.161 e. The number of ether oxygens (including phenoxy) is 2. The summed E-state index contributed by atoms with van der Waals surface area (Å²) in [6.07, 6.45) is -0.100. The van der Waals surface area contributed by atoms with Crippen molar-refractivity contribution in [1.82, 2.24) is 9.78 Å². The molecule has 5 nitrogen and oxygen atoms in total. The van der Waals surface area contributed by atoms with Gasteiger partial charge < -0.3 is 14.6 Å². The zero-order valence-corrected chi connectivity index (χ0v) is 12.3. The Bertz CT molecular complexity index is 593. The Morgan fingerprint density at radius 2 is 1.90 bits per heavy atom. The number of aryl methyl sites for hydroxylation is 2. The number of benzene rings is 1. The number of aliphatic hydroxyl groups is 1. The van der Waals surface area contributed by atoms with Crippen LogP contribution in [0.2, 0.25) is 0 Å². The number of methoxy groups -OCH3 is 2. The number of hydrogen-bond acceptors (Lipinski definition) is 4. The fourth-order valence-electron chi connectivity index (χ4n) is 2.23. The Hall–Kier alpha value is -2.01. The second-order valence-corrected chi connectivity index (χ2v) is 4.74. The number of aliphatic hydroxyl groups excluding tert-OH is 1. The normalized spacial score (nSPS) is 12.2. The van der Waals surface area contributed by atoms with E-state index in [9.17, 15) is 5.11 Å². The maximum absolute atomic E-state index is 10.4. The van der Waals surface area contributed by atoms with Crippen molar-refractivity contribution < 1.29 is 14.6 Å². The van der Waals surface area contributed by atoms with Gasteiger partial charge in [-0.3, -0.25) is 4.68 Å². The fourth-order valence-corrected chi connectivity index (χ4v) is 2.23. The van der Waals surface area contributed by atoms with E-state index in [0.717, 1.165) is 17.0 Å². The number of hydrogen-bond donors (Lipinski definition) is 1. The van der Waals surface area contributed by atoms with Crippen molar-refractivity contribution in [2.45, 2.75) is 19.4 Å². The van der Waals surface area contributed by atoms with Gasteiger partial charge in [-0.2, -0.15) is 5.10 Å². The van der Waals surface area contributed by atoms with Crippen molar-refractivity contribution in [2.75, 3.05) is 14.2 Å². The van der Waals surface area contributed by atoms with Gasteiger partial charge in [-0.25, -0.2) is 0 Å². The molecule has 0 bridgehead atoms. The van der Waals surface area contributed by atoms with Gasteiger partial charge in [0.05, 0.1) is 26.0 Å². The molecule has 1 unspecified atom stereocenters. The Morgan fingerprint density at radius 3 is 2.45 bits per heavy atom. The minimum absolute atomic E-state index is 0.507. The molecule has 0 amide bonds. The van der Waals surface area contributed by atoms with Gasteiger partial charge in [0.2, 0.25) is 0 Å². The van der Waals surface area contributed by atoms with Crippen LogP contribution in [-0.4, -0.2) is 29.1 Å². The van der Waals surface area contributed by atoms with Gasteiger partial charge in [0, 0.05) is 19.2 Å². The van der Waals surface area contributed by atoms with E-state index in [-0.39, 0.29) is 0 Å². The maximum atomic E-state index is 10.4. The van der Waals surface area contributed by atoms with Gasteiger partial charge in [0.25, 0.3) is 0 Å². The minimum atomic E-state index is -0.607. The molecule has 1 aromatic carbocycles. The van der Waals surface area contributed by atoms with E-state index < -0.39 is 6.10 Å². The molecule has 5 heteroatoms. The molecule has 20 heavy (non-hydrogen) atoms. The summed E-state index contributed by atoms with van der Waals surface area (Å²) in [5.74, 6) is 1.27. The van der Waals surface area contributed by atoms with E-state index in [1.165, 1.54) is 0 Å².